The fourth-order valence-corrected chi connectivity index (χ4v) is 7.71. The monoisotopic (exact) mass is 562 g/mol. The van der Waals surface area contributed by atoms with Gasteiger partial charge in [-0.2, -0.15) is 0 Å². The molecule has 2 heterocycles. The summed E-state index contributed by atoms with van der Waals surface area (Å²) in [4.78, 5) is 0. The quantitative estimate of drug-likeness (QED) is 0.196. The van der Waals surface area contributed by atoms with Gasteiger partial charge in [0.05, 0.1) is 5.56 Å². The maximum atomic E-state index is 6.87. The van der Waals surface area contributed by atoms with Crippen LogP contribution in [0.3, 0.4) is 0 Å². The fraction of sp³-hybridized carbons (Fsp3) is 0.0476. The lowest BCUT2D eigenvalue weighted by atomic mass is 9.83. The van der Waals surface area contributed by atoms with Gasteiger partial charge in [0.2, 0.25) is 0 Å². The number of ether oxygens (including phenoxy) is 1. The van der Waals surface area contributed by atoms with Crippen LogP contribution in [-0.4, -0.2) is 6.10 Å². The fourth-order valence-electron chi connectivity index (χ4n) is 7.71. The average Bonchev–Trinajstić information content (AvgIpc) is 3.64. The summed E-state index contributed by atoms with van der Waals surface area (Å²) in [6, 6.07) is 43.7. The molecule has 2 atom stereocenters. The van der Waals surface area contributed by atoms with Crippen molar-refractivity contribution in [3.05, 3.63) is 151 Å². The highest BCUT2D eigenvalue weighted by molar-refractivity contribution is 6.26. The zero-order valence-corrected chi connectivity index (χ0v) is 23.8. The maximum Gasteiger partial charge on any atom is 0.147 e. The summed E-state index contributed by atoms with van der Waals surface area (Å²) in [5, 5.41) is 9.57. The van der Waals surface area contributed by atoms with E-state index >= 15 is 0 Å². The number of para-hydroxylation sites is 1. The SMILES string of the molecule is C1=CC2Oc3c(cc4c(oc5ccccc54)c3-c3c4ccccc4c(-c4cccc5ccccc45)c4ccccc34)C2C=C1. The Hall–Kier alpha value is -5.60. The number of rotatable bonds is 2. The van der Waals surface area contributed by atoms with Crippen molar-refractivity contribution in [3.63, 3.8) is 0 Å². The number of hydrogen-bond acceptors (Lipinski definition) is 2. The second-order valence-electron chi connectivity index (χ2n) is 11.9. The highest BCUT2D eigenvalue weighted by Crippen LogP contribution is 2.55. The largest absolute Gasteiger partial charge is 0.484 e. The standard InChI is InChI=1S/C42H26O2/c1-2-14-26-25(12-1)13-11-21-29(26)38-30-17-3-5-19-32(30)39(33-20-6-4-18-31(33)38)40-41-34(27-15-7-9-22-36(27)43-41)24-35-28-16-8-10-23-37(28)44-42(35)40/h1-24,27,36H. The van der Waals surface area contributed by atoms with Crippen molar-refractivity contribution >= 4 is 54.3 Å². The Balaban J connectivity index is 1.41. The third kappa shape index (κ3) is 3.20. The second kappa shape index (κ2) is 8.95. The molecule has 44 heavy (non-hydrogen) atoms. The Bertz CT molecular complexity index is 2480. The van der Waals surface area contributed by atoms with E-state index in [0.29, 0.717) is 0 Å². The van der Waals surface area contributed by atoms with Crippen LogP contribution >= 0.6 is 0 Å². The minimum atomic E-state index is -0.0287. The zero-order valence-electron chi connectivity index (χ0n) is 23.8. The first kappa shape index (κ1) is 23.9. The van der Waals surface area contributed by atoms with E-state index in [1.165, 1.54) is 49.0 Å². The molecule has 1 aliphatic heterocycles. The van der Waals surface area contributed by atoms with Crippen molar-refractivity contribution in [2.24, 2.45) is 0 Å². The predicted octanol–water partition coefficient (Wildman–Crippen LogP) is 11.4. The molecule has 206 valence electrons. The van der Waals surface area contributed by atoms with Crippen LogP contribution in [0.15, 0.2) is 150 Å². The molecule has 1 aromatic heterocycles. The molecule has 2 heteroatoms. The van der Waals surface area contributed by atoms with Crippen LogP contribution in [0.25, 0.3) is 76.5 Å². The van der Waals surface area contributed by atoms with Gasteiger partial charge in [0.1, 0.15) is 23.0 Å². The minimum absolute atomic E-state index is 0.0287. The molecule has 0 bridgehead atoms. The summed E-state index contributed by atoms with van der Waals surface area (Å²) < 4.78 is 13.6. The van der Waals surface area contributed by atoms with Crippen LogP contribution < -0.4 is 4.74 Å². The molecular weight excluding hydrogens is 536 g/mol. The molecular formula is C42H26O2. The summed E-state index contributed by atoms with van der Waals surface area (Å²) in [6.45, 7) is 0. The van der Waals surface area contributed by atoms with Crippen LogP contribution in [0.1, 0.15) is 11.5 Å². The summed E-state index contributed by atoms with van der Waals surface area (Å²) in [5.41, 5.74) is 7.69. The van der Waals surface area contributed by atoms with Gasteiger partial charge in [-0.05, 0) is 61.7 Å². The van der Waals surface area contributed by atoms with Gasteiger partial charge >= 0.3 is 0 Å². The lowest BCUT2D eigenvalue weighted by Gasteiger charge is -2.20. The Morgan fingerprint density at radius 2 is 1.09 bits per heavy atom. The third-order valence-corrected chi connectivity index (χ3v) is 9.59. The topological polar surface area (TPSA) is 22.4 Å². The van der Waals surface area contributed by atoms with E-state index in [4.69, 9.17) is 9.15 Å². The molecule has 2 unspecified atom stereocenters. The van der Waals surface area contributed by atoms with Crippen LogP contribution in [0.5, 0.6) is 5.75 Å². The predicted molar refractivity (Wildman–Crippen MR) is 183 cm³/mol. The molecule has 0 saturated carbocycles. The van der Waals surface area contributed by atoms with E-state index in [9.17, 15) is 0 Å². The molecule has 0 amide bonds. The molecule has 8 aromatic rings. The van der Waals surface area contributed by atoms with Gasteiger partial charge in [-0.15, -0.1) is 0 Å². The summed E-state index contributed by atoms with van der Waals surface area (Å²) in [5.74, 6) is 1.09. The highest BCUT2D eigenvalue weighted by atomic mass is 16.5. The molecule has 2 nitrogen and oxygen atoms in total. The minimum Gasteiger partial charge on any atom is -0.484 e. The van der Waals surface area contributed by atoms with Gasteiger partial charge in [0.15, 0.2) is 0 Å². The number of hydrogen-bond donors (Lipinski definition) is 0. The first-order chi connectivity index (χ1) is 21.8. The Kier molecular flexibility index (Phi) is 4.86. The van der Waals surface area contributed by atoms with Gasteiger partial charge in [-0.1, -0.05) is 127 Å². The molecule has 1 aliphatic carbocycles. The van der Waals surface area contributed by atoms with Crippen molar-refractivity contribution in [1.29, 1.82) is 0 Å². The van der Waals surface area contributed by atoms with E-state index in [-0.39, 0.29) is 12.0 Å². The number of furan rings is 1. The molecule has 10 rings (SSSR count). The van der Waals surface area contributed by atoms with E-state index in [1.807, 2.05) is 6.07 Å². The zero-order chi connectivity index (χ0) is 28.8. The smallest absolute Gasteiger partial charge is 0.147 e. The van der Waals surface area contributed by atoms with Crippen molar-refractivity contribution in [3.8, 4) is 28.0 Å². The van der Waals surface area contributed by atoms with Crippen molar-refractivity contribution in [2.75, 3.05) is 0 Å². The average molecular weight is 563 g/mol. The van der Waals surface area contributed by atoms with Gasteiger partial charge in [0, 0.05) is 27.8 Å². The molecule has 0 radical (unpaired) electrons. The molecule has 7 aromatic carbocycles. The lowest BCUT2D eigenvalue weighted by Crippen LogP contribution is -2.15. The van der Waals surface area contributed by atoms with Gasteiger partial charge in [0.25, 0.3) is 0 Å². The third-order valence-electron chi connectivity index (χ3n) is 9.59. The lowest BCUT2D eigenvalue weighted by molar-refractivity contribution is 0.270. The normalized spacial score (nSPS) is 17.1. The van der Waals surface area contributed by atoms with Crippen molar-refractivity contribution in [2.45, 2.75) is 12.0 Å². The molecule has 0 N–H and O–H groups in total. The molecule has 2 aliphatic rings. The molecule has 0 spiro atoms. The Labute approximate surface area is 254 Å². The van der Waals surface area contributed by atoms with Crippen LogP contribution in [-0.2, 0) is 0 Å². The highest BCUT2D eigenvalue weighted by Gasteiger charge is 2.37. The Morgan fingerprint density at radius 1 is 0.477 bits per heavy atom. The van der Waals surface area contributed by atoms with Crippen LogP contribution in [0, 0.1) is 0 Å². The van der Waals surface area contributed by atoms with Gasteiger partial charge in [-0.25, -0.2) is 0 Å². The van der Waals surface area contributed by atoms with E-state index in [2.05, 4.69) is 140 Å². The number of allylic oxidation sites excluding steroid dienone is 2. The first-order valence-corrected chi connectivity index (χ1v) is 15.3. The summed E-state index contributed by atoms with van der Waals surface area (Å²) >= 11 is 0. The maximum absolute atomic E-state index is 6.87. The van der Waals surface area contributed by atoms with E-state index in [0.717, 1.165) is 38.8 Å². The van der Waals surface area contributed by atoms with Crippen LogP contribution in [0.4, 0.5) is 0 Å². The molecule has 0 saturated heterocycles. The number of benzene rings is 7. The van der Waals surface area contributed by atoms with Crippen molar-refractivity contribution in [1.82, 2.24) is 0 Å². The Morgan fingerprint density at radius 3 is 1.86 bits per heavy atom. The molecule has 0 fully saturated rings. The second-order valence-corrected chi connectivity index (χ2v) is 11.9. The summed E-state index contributed by atoms with van der Waals surface area (Å²) in [7, 11) is 0. The van der Waals surface area contributed by atoms with Gasteiger partial charge < -0.3 is 9.15 Å². The van der Waals surface area contributed by atoms with Gasteiger partial charge in [-0.3, -0.25) is 0 Å². The first-order valence-electron chi connectivity index (χ1n) is 15.3. The van der Waals surface area contributed by atoms with E-state index in [1.54, 1.807) is 0 Å². The van der Waals surface area contributed by atoms with E-state index < -0.39 is 0 Å². The van der Waals surface area contributed by atoms with Crippen molar-refractivity contribution < 1.29 is 9.15 Å². The van der Waals surface area contributed by atoms with Crippen LogP contribution in [0.2, 0.25) is 0 Å². The number of fused-ring (bicyclic) bond motifs is 9. The summed E-state index contributed by atoms with van der Waals surface area (Å²) in [6.07, 6.45) is 8.65.